The normalized spacial score (nSPS) is 15.8. The molecule has 0 bridgehead atoms. The highest BCUT2D eigenvalue weighted by Crippen LogP contribution is 2.38. The first-order valence-electron chi connectivity index (χ1n) is 15.9. The quantitative estimate of drug-likeness (QED) is 0.193. The number of rotatable bonds is 12. The Labute approximate surface area is 260 Å². The molecule has 8 nitrogen and oxygen atoms in total. The van der Waals surface area contributed by atoms with Gasteiger partial charge < -0.3 is 26.2 Å². The first-order chi connectivity index (χ1) is 21.5. The lowest BCUT2D eigenvalue weighted by Gasteiger charge is -2.21. The van der Waals surface area contributed by atoms with Crippen LogP contribution < -0.4 is 21.3 Å². The van der Waals surface area contributed by atoms with Crippen LogP contribution in [0.5, 0.6) is 0 Å². The zero-order valence-corrected chi connectivity index (χ0v) is 25.7. The molecule has 0 unspecified atom stereocenters. The van der Waals surface area contributed by atoms with Crippen molar-refractivity contribution in [1.82, 2.24) is 15.5 Å². The molecule has 0 saturated heterocycles. The minimum atomic E-state index is -0.240. The van der Waals surface area contributed by atoms with Crippen molar-refractivity contribution < 1.29 is 14.4 Å². The number of amides is 3. The summed E-state index contributed by atoms with van der Waals surface area (Å²) in [5.74, 6) is 0.0379. The predicted molar refractivity (Wildman–Crippen MR) is 177 cm³/mol. The van der Waals surface area contributed by atoms with Crippen LogP contribution in [0.3, 0.4) is 0 Å². The molecule has 8 heteroatoms. The number of nitrogens with one attached hydrogen (secondary N) is 4. The van der Waals surface area contributed by atoms with E-state index in [0.29, 0.717) is 52.7 Å². The summed E-state index contributed by atoms with van der Waals surface area (Å²) in [6.45, 7) is 8.18. The molecule has 0 spiro atoms. The lowest BCUT2D eigenvalue weighted by atomic mass is 9.89. The zero-order valence-electron chi connectivity index (χ0n) is 25.7. The summed E-state index contributed by atoms with van der Waals surface area (Å²) in [6, 6.07) is 22.3. The molecular formula is C36H43N5O3. The van der Waals surface area contributed by atoms with Crippen molar-refractivity contribution in [3.05, 3.63) is 95.1 Å². The average Bonchev–Trinajstić information content (AvgIpc) is 3.40. The van der Waals surface area contributed by atoms with Gasteiger partial charge in [-0.1, -0.05) is 63.4 Å². The maximum Gasteiger partial charge on any atom is 0.258 e. The van der Waals surface area contributed by atoms with E-state index in [0.717, 1.165) is 43.7 Å². The highest BCUT2D eigenvalue weighted by molar-refractivity contribution is 6.37. The van der Waals surface area contributed by atoms with Gasteiger partial charge in [-0.3, -0.25) is 14.4 Å². The van der Waals surface area contributed by atoms with Gasteiger partial charge in [0, 0.05) is 47.7 Å². The molecule has 2 aliphatic rings. The van der Waals surface area contributed by atoms with Crippen LogP contribution in [0, 0.1) is 5.92 Å². The van der Waals surface area contributed by atoms with Crippen LogP contribution in [-0.4, -0.2) is 55.3 Å². The molecule has 1 fully saturated rings. The molecule has 44 heavy (non-hydrogen) atoms. The van der Waals surface area contributed by atoms with E-state index in [1.54, 1.807) is 30.3 Å². The highest BCUT2D eigenvalue weighted by atomic mass is 16.2. The van der Waals surface area contributed by atoms with Crippen LogP contribution in [0.1, 0.15) is 77.8 Å². The van der Waals surface area contributed by atoms with Crippen LogP contribution >= 0.6 is 0 Å². The third-order valence-corrected chi connectivity index (χ3v) is 8.64. The number of fused-ring (bicyclic) bond motifs is 1. The van der Waals surface area contributed by atoms with E-state index in [2.05, 4.69) is 40.0 Å². The molecule has 1 aliphatic carbocycles. The Balaban J connectivity index is 1.37. The minimum Gasteiger partial charge on any atom is -0.354 e. The highest BCUT2D eigenvalue weighted by Gasteiger charge is 2.29. The number of likely N-dealkylation sites (N-methyl/N-ethyl adjacent to an activating group) is 1. The molecule has 0 aromatic heterocycles. The van der Waals surface area contributed by atoms with Gasteiger partial charge in [0.25, 0.3) is 17.7 Å². The summed E-state index contributed by atoms with van der Waals surface area (Å²) in [7, 11) is 0. The average molecular weight is 594 g/mol. The Kier molecular flexibility index (Phi) is 10.5. The smallest absolute Gasteiger partial charge is 0.258 e. The Morgan fingerprint density at radius 2 is 1.50 bits per heavy atom. The summed E-state index contributed by atoms with van der Waals surface area (Å²) in [5.41, 5.74) is 5.09. The molecule has 1 aliphatic heterocycles. The Morgan fingerprint density at radius 3 is 2.20 bits per heavy atom. The largest absolute Gasteiger partial charge is 0.354 e. The van der Waals surface area contributed by atoms with Gasteiger partial charge in [-0.2, -0.15) is 0 Å². The van der Waals surface area contributed by atoms with Crippen molar-refractivity contribution in [2.45, 2.75) is 46.0 Å². The van der Waals surface area contributed by atoms with E-state index in [9.17, 15) is 14.4 Å². The number of carbonyl (C=O) groups is 3. The molecule has 3 aromatic rings. The van der Waals surface area contributed by atoms with E-state index < -0.39 is 0 Å². The monoisotopic (exact) mass is 593 g/mol. The van der Waals surface area contributed by atoms with E-state index in [4.69, 9.17) is 0 Å². The van der Waals surface area contributed by atoms with Crippen LogP contribution in [-0.2, 0) is 4.79 Å². The Bertz CT molecular complexity index is 1490. The van der Waals surface area contributed by atoms with E-state index in [1.807, 2.05) is 42.5 Å². The maximum atomic E-state index is 13.4. The van der Waals surface area contributed by atoms with Gasteiger partial charge >= 0.3 is 0 Å². The van der Waals surface area contributed by atoms with Gasteiger partial charge in [-0.15, -0.1) is 0 Å². The van der Waals surface area contributed by atoms with E-state index >= 15 is 0 Å². The van der Waals surface area contributed by atoms with Crippen LogP contribution in [0.25, 0.3) is 11.3 Å². The number of anilines is 2. The first-order valence-corrected chi connectivity index (χ1v) is 15.9. The summed E-state index contributed by atoms with van der Waals surface area (Å²) >= 11 is 0. The molecule has 0 atom stereocenters. The lowest BCUT2D eigenvalue weighted by molar-refractivity contribution is -0.110. The van der Waals surface area contributed by atoms with Crippen molar-refractivity contribution in [2.75, 3.05) is 43.4 Å². The van der Waals surface area contributed by atoms with Crippen molar-refractivity contribution in [3.63, 3.8) is 0 Å². The van der Waals surface area contributed by atoms with Crippen molar-refractivity contribution in [3.8, 4) is 0 Å². The second kappa shape index (κ2) is 14.8. The molecule has 5 rings (SSSR count). The van der Waals surface area contributed by atoms with Crippen molar-refractivity contribution in [1.29, 1.82) is 0 Å². The fourth-order valence-electron chi connectivity index (χ4n) is 5.99. The summed E-state index contributed by atoms with van der Waals surface area (Å²) in [5, 5.41) is 12.5. The summed E-state index contributed by atoms with van der Waals surface area (Å²) < 4.78 is 0. The van der Waals surface area contributed by atoms with Crippen molar-refractivity contribution in [2.24, 2.45) is 5.92 Å². The first kappa shape index (κ1) is 31.0. The number of hydrogen-bond acceptors (Lipinski definition) is 5. The maximum absolute atomic E-state index is 13.4. The third-order valence-electron chi connectivity index (χ3n) is 8.64. The van der Waals surface area contributed by atoms with Crippen LogP contribution in [0.2, 0.25) is 0 Å². The second-order valence-corrected chi connectivity index (χ2v) is 11.5. The summed E-state index contributed by atoms with van der Waals surface area (Å²) in [4.78, 5) is 41.5. The van der Waals surface area contributed by atoms with Crippen LogP contribution in [0.4, 0.5) is 11.4 Å². The van der Waals surface area contributed by atoms with Gasteiger partial charge in [0.05, 0.1) is 11.3 Å². The SMILES string of the molecule is CCN(CC)CCNC(=O)c1ccc(NC(=C2C(=O)Nc3ccc(C(=O)NCC4CCCCC4)cc32)c2ccccc2)cc1. The van der Waals surface area contributed by atoms with Gasteiger partial charge in [0.1, 0.15) is 0 Å². The molecular weight excluding hydrogens is 550 g/mol. The molecule has 3 amide bonds. The number of benzene rings is 3. The Hall–Kier alpha value is -4.43. The molecule has 1 saturated carbocycles. The van der Waals surface area contributed by atoms with Crippen molar-refractivity contribution >= 4 is 40.4 Å². The number of nitrogens with zero attached hydrogens (tertiary/aromatic N) is 1. The van der Waals surface area contributed by atoms with Gasteiger partial charge in [-0.05, 0) is 79.9 Å². The standard InChI is InChI=1S/C36H43N5O3/c1-3-41(4-2)22-21-37-34(42)27-15-18-29(19-16-27)39-33(26-13-9-6-10-14-26)32-30-23-28(17-20-31(30)40-36(32)44)35(43)38-24-25-11-7-5-8-12-25/h6,9-10,13-20,23,25,39H,3-5,7-8,11-12,21-22,24H2,1-2H3,(H,37,42)(H,38,43)(H,40,44). The molecule has 1 heterocycles. The zero-order chi connectivity index (χ0) is 30.9. The summed E-state index contributed by atoms with van der Waals surface area (Å²) in [6.07, 6.45) is 6.04. The minimum absolute atomic E-state index is 0.122. The number of carbonyl (C=O) groups excluding carboxylic acids is 3. The Morgan fingerprint density at radius 1 is 0.818 bits per heavy atom. The fourth-order valence-corrected chi connectivity index (χ4v) is 5.99. The third kappa shape index (κ3) is 7.55. The van der Waals surface area contributed by atoms with Gasteiger partial charge in [-0.25, -0.2) is 0 Å². The van der Waals surface area contributed by atoms with Gasteiger partial charge in [0.15, 0.2) is 0 Å². The van der Waals surface area contributed by atoms with Crippen LogP contribution in [0.15, 0.2) is 72.8 Å². The second-order valence-electron chi connectivity index (χ2n) is 11.5. The van der Waals surface area contributed by atoms with Gasteiger partial charge in [0.2, 0.25) is 0 Å². The molecule has 3 aromatic carbocycles. The topological polar surface area (TPSA) is 103 Å². The van der Waals surface area contributed by atoms with E-state index in [-0.39, 0.29) is 17.7 Å². The molecule has 4 N–H and O–H groups in total. The fraction of sp³-hybridized carbons (Fsp3) is 0.361. The predicted octanol–water partition coefficient (Wildman–Crippen LogP) is 6.00. The molecule has 0 radical (unpaired) electrons. The van der Waals surface area contributed by atoms with E-state index in [1.165, 1.54) is 19.3 Å². The molecule has 230 valence electrons. The lowest BCUT2D eigenvalue weighted by Crippen LogP contribution is -2.34. The number of hydrogen-bond donors (Lipinski definition) is 4.